The van der Waals surface area contributed by atoms with Gasteiger partial charge in [-0.05, 0) is 44.3 Å². The Morgan fingerprint density at radius 1 is 1.40 bits per heavy atom. The van der Waals surface area contributed by atoms with Crippen LogP contribution in [-0.4, -0.2) is 18.5 Å². The van der Waals surface area contributed by atoms with Gasteiger partial charge in [0.25, 0.3) is 0 Å². The molecule has 0 radical (unpaired) electrons. The van der Waals surface area contributed by atoms with Crippen molar-refractivity contribution in [2.45, 2.75) is 44.6 Å². The Kier molecular flexibility index (Phi) is 2.79. The molecule has 0 heterocycles. The van der Waals surface area contributed by atoms with Crippen molar-refractivity contribution < 1.29 is 9.53 Å². The predicted octanol–water partition coefficient (Wildman–Crippen LogP) is 2.79. The van der Waals surface area contributed by atoms with Crippen LogP contribution in [0.5, 0.6) is 0 Å². The molecule has 0 aromatic carbocycles. The molecule has 82 valence electrons. The molecule has 2 aliphatic rings. The van der Waals surface area contributed by atoms with Gasteiger partial charge in [-0.15, -0.1) is 0 Å². The van der Waals surface area contributed by atoms with E-state index in [1.165, 1.54) is 18.4 Å². The number of rotatable bonds is 2. The van der Waals surface area contributed by atoms with E-state index in [9.17, 15) is 4.79 Å². The lowest BCUT2D eigenvalue weighted by molar-refractivity contribution is -0.117. The molecule has 2 rings (SSSR count). The van der Waals surface area contributed by atoms with Crippen LogP contribution in [0.15, 0.2) is 23.3 Å². The van der Waals surface area contributed by atoms with Crippen molar-refractivity contribution >= 4 is 5.78 Å². The molecule has 0 amide bonds. The van der Waals surface area contributed by atoms with Gasteiger partial charge < -0.3 is 4.74 Å². The number of ether oxygens (including phenoxy) is 1. The molecule has 0 spiro atoms. The maximum Gasteiger partial charge on any atom is 0.166 e. The fourth-order valence-electron chi connectivity index (χ4n) is 2.34. The highest BCUT2D eigenvalue weighted by molar-refractivity contribution is 6.03. The second-order valence-electron chi connectivity index (χ2n) is 4.65. The van der Waals surface area contributed by atoms with Crippen LogP contribution in [0, 0.1) is 0 Å². The zero-order chi connectivity index (χ0) is 10.9. The Hall–Kier alpha value is -0.890. The second kappa shape index (κ2) is 3.93. The molecule has 0 N–H and O–H groups in total. The first-order valence-electron chi connectivity index (χ1n) is 5.65. The van der Waals surface area contributed by atoms with Crippen LogP contribution in [-0.2, 0) is 9.53 Å². The quantitative estimate of drug-likeness (QED) is 0.694. The van der Waals surface area contributed by atoms with Gasteiger partial charge in [-0.25, -0.2) is 0 Å². The van der Waals surface area contributed by atoms with Crippen LogP contribution in [0.4, 0.5) is 0 Å². The molecule has 0 aromatic rings. The Morgan fingerprint density at radius 2 is 2.20 bits per heavy atom. The summed E-state index contributed by atoms with van der Waals surface area (Å²) in [6, 6.07) is 0. The smallest absolute Gasteiger partial charge is 0.166 e. The second-order valence-corrected chi connectivity index (χ2v) is 4.65. The predicted molar refractivity (Wildman–Crippen MR) is 59.7 cm³/mol. The van der Waals surface area contributed by atoms with Crippen LogP contribution in [0.25, 0.3) is 0 Å². The summed E-state index contributed by atoms with van der Waals surface area (Å²) < 4.78 is 5.37. The molecule has 0 aliphatic heterocycles. The van der Waals surface area contributed by atoms with Gasteiger partial charge in [0.15, 0.2) is 5.78 Å². The van der Waals surface area contributed by atoms with E-state index in [1.54, 1.807) is 7.11 Å². The normalized spacial score (nSPS) is 31.5. The molecule has 0 saturated carbocycles. The molecular weight excluding hydrogens is 188 g/mol. The Bertz CT molecular complexity index is 338. The maximum atomic E-state index is 11.9. The number of Topliss-reactive ketones (excluding diaryl/α,β-unsaturated/α-hetero) is 1. The van der Waals surface area contributed by atoms with Crippen molar-refractivity contribution in [2.75, 3.05) is 7.11 Å². The summed E-state index contributed by atoms with van der Waals surface area (Å²) in [4.78, 5) is 11.9. The highest BCUT2D eigenvalue weighted by Crippen LogP contribution is 2.35. The largest absolute Gasteiger partial charge is 0.374 e. The summed E-state index contributed by atoms with van der Waals surface area (Å²) in [7, 11) is 1.67. The molecule has 2 aliphatic carbocycles. The van der Waals surface area contributed by atoms with Gasteiger partial charge >= 0.3 is 0 Å². The summed E-state index contributed by atoms with van der Waals surface area (Å²) >= 11 is 0. The summed E-state index contributed by atoms with van der Waals surface area (Å²) in [5.41, 5.74) is 1.79. The van der Waals surface area contributed by atoms with E-state index in [-0.39, 0.29) is 11.4 Å². The minimum absolute atomic E-state index is 0.243. The van der Waals surface area contributed by atoms with Crippen molar-refractivity contribution in [3.05, 3.63) is 23.3 Å². The minimum atomic E-state index is -0.370. The van der Waals surface area contributed by atoms with E-state index in [1.807, 2.05) is 13.0 Å². The number of hydrogen-bond donors (Lipinski definition) is 0. The van der Waals surface area contributed by atoms with Crippen LogP contribution < -0.4 is 0 Å². The highest BCUT2D eigenvalue weighted by Gasteiger charge is 2.35. The lowest BCUT2D eigenvalue weighted by Crippen LogP contribution is -2.22. The molecule has 1 unspecified atom stereocenters. The number of methoxy groups -OCH3 is 1. The van der Waals surface area contributed by atoms with E-state index in [0.29, 0.717) is 6.42 Å². The molecule has 2 heteroatoms. The third kappa shape index (κ3) is 2.05. The van der Waals surface area contributed by atoms with Crippen molar-refractivity contribution in [2.24, 2.45) is 0 Å². The van der Waals surface area contributed by atoms with Gasteiger partial charge in [-0.1, -0.05) is 6.08 Å². The first-order chi connectivity index (χ1) is 7.14. The van der Waals surface area contributed by atoms with Crippen molar-refractivity contribution in [3.8, 4) is 0 Å². The zero-order valence-electron chi connectivity index (χ0n) is 9.51. The Balaban J connectivity index is 2.25. The van der Waals surface area contributed by atoms with Crippen molar-refractivity contribution in [3.63, 3.8) is 0 Å². The monoisotopic (exact) mass is 206 g/mol. The molecule has 0 fully saturated rings. The highest BCUT2D eigenvalue weighted by atomic mass is 16.5. The first-order valence-corrected chi connectivity index (χ1v) is 5.65. The SMILES string of the molecule is COC1(C)C=C(C2=CCCCC2)C(=O)C1. The van der Waals surface area contributed by atoms with Gasteiger partial charge in [0.1, 0.15) is 0 Å². The third-order valence-corrected chi connectivity index (χ3v) is 3.36. The fraction of sp³-hybridized carbons (Fsp3) is 0.615. The minimum Gasteiger partial charge on any atom is -0.374 e. The molecule has 1 atom stereocenters. The maximum absolute atomic E-state index is 11.9. The molecule has 0 bridgehead atoms. The standard InChI is InChI=1S/C13H18O2/c1-13(15-2)8-11(12(14)9-13)10-6-4-3-5-7-10/h6,8H,3-5,7,9H2,1-2H3. The van der Waals surface area contributed by atoms with Crippen molar-refractivity contribution in [1.82, 2.24) is 0 Å². The van der Waals surface area contributed by atoms with Crippen LogP contribution >= 0.6 is 0 Å². The number of carbonyl (C=O) groups excluding carboxylic acids is 1. The number of allylic oxidation sites excluding steroid dienone is 3. The van der Waals surface area contributed by atoms with Gasteiger partial charge in [-0.3, -0.25) is 4.79 Å². The van der Waals surface area contributed by atoms with Crippen LogP contribution in [0.3, 0.4) is 0 Å². The van der Waals surface area contributed by atoms with E-state index in [4.69, 9.17) is 4.74 Å². The average Bonchev–Trinajstić information content (AvgIpc) is 2.57. The molecule has 2 nitrogen and oxygen atoms in total. The van der Waals surface area contributed by atoms with Gasteiger partial charge in [0, 0.05) is 19.1 Å². The topological polar surface area (TPSA) is 26.3 Å². The third-order valence-electron chi connectivity index (χ3n) is 3.36. The number of hydrogen-bond acceptors (Lipinski definition) is 2. The van der Waals surface area contributed by atoms with Crippen LogP contribution in [0.2, 0.25) is 0 Å². The summed E-state index contributed by atoms with van der Waals surface area (Å²) in [6.45, 7) is 1.97. The lowest BCUT2D eigenvalue weighted by Gasteiger charge is -2.17. The van der Waals surface area contributed by atoms with E-state index in [0.717, 1.165) is 18.4 Å². The summed E-state index contributed by atoms with van der Waals surface area (Å²) in [6.07, 6.45) is 9.35. The summed E-state index contributed by atoms with van der Waals surface area (Å²) in [5, 5.41) is 0. The molecule has 15 heavy (non-hydrogen) atoms. The average molecular weight is 206 g/mol. The number of carbonyl (C=O) groups is 1. The van der Waals surface area contributed by atoms with Crippen LogP contribution in [0.1, 0.15) is 39.0 Å². The number of ketones is 1. The molecule has 0 saturated heterocycles. The Labute approximate surface area is 91.0 Å². The lowest BCUT2D eigenvalue weighted by atomic mass is 9.93. The van der Waals surface area contributed by atoms with E-state index >= 15 is 0 Å². The Morgan fingerprint density at radius 3 is 2.73 bits per heavy atom. The van der Waals surface area contributed by atoms with E-state index < -0.39 is 0 Å². The molecular formula is C13H18O2. The molecule has 0 aromatic heterocycles. The summed E-state index contributed by atoms with van der Waals surface area (Å²) in [5.74, 6) is 0.243. The first kappa shape index (κ1) is 10.6. The fourth-order valence-corrected chi connectivity index (χ4v) is 2.34. The van der Waals surface area contributed by atoms with Gasteiger partial charge in [0.05, 0.1) is 5.60 Å². The van der Waals surface area contributed by atoms with Gasteiger partial charge in [-0.2, -0.15) is 0 Å². The zero-order valence-corrected chi connectivity index (χ0v) is 9.51. The van der Waals surface area contributed by atoms with E-state index in [2.05, 4.69) is 6.08 Å². The van der Waals surface area contributed by atoms with Crippen molar-refractivity contribution in [1.29, 1.82) is 0 Å². The van der Waals surface area contributed by atoms with Gasteiger partial charge in [0.2, 0.25) is 0 Å².